The smallest absolute Gasteiger partial charge is 0.317 e. The van der Waals surface area contributed by atoms with Crippen LogP contribution in [0, 0.1) is 5.92 Å². The number of carbonyl (C=O) groups excluding carboxylic acids is 1. The van der Waals surface area contributed by atoms with Crippen LogP contribution >= 0.6 is 0 Å². The number of carbonyl (C=O) groups is 1. The second-order valence-electron chi connectivity index (χ2n) is 5.28. The average Bonchev–Trinajstić information content (AvgIpc) is 2.31. The van der Waals surface area contributed by atoms with Gasteiger partial charge in [0.25, 0.3) is 0 Å². The van der Waals surface area contributed by atoms with Crippen molar-refractivity contribution in [1.29, 1.82) is 0 Å². The Labute approximate surface area is 109 Å². The van der Waals surface area contributed by atoms with Crippen LogP contribution in [0.2, 0.25) is 0 Å². The molecular formula is C13H26N2O3. The number of hydrogen-bond donors (Lipinski definition) is 2. The van der Waals surface area contributed by atoms with Gasteiger partial charge in [-0.1, -0.05) is 6.92 Å². The van der Waals surface area contributed by atoms with Gasteiger partial charge in [-0.3, -0.25) is 0 Å². The van der Waals surface area contributed by atoms with Crippen LogP contribution in [0.3, 0.4) is 0 Å². The average molecular weight is 258 g/mol. The highest BCUT2D eigenvalue weighted by Gasteiger charge is 2.26. The summed E-state index contributed by atoms with van der Waals surface area (Å²) in [5.74, 6) is 0.286. The Kier molecular flexibility index (Phi) is 6.43. The first kappa shape index (κ1) is 15.2. The van der Waals surface area contributed by atoms with Gasteiger partial charge in [0.2, 0.25) is 0 Å². The van der Waals surface area contributed by atoms with Crippen LogP contribution < -0.4 is 5.32 Å². The Bertz CT molecular complexity index is 259. The number of nitrogens with zero attached hydrogens (tertiary/aromatic N) is 1. The van der Waals surface area contributed by atoms with E-state index in [1.807, 2.05) is 20.8 Å². The number of urea groups is 1. The number of rotatable bonds is 5. The lowest BCUT2D eigenvalue weighted by Crippen LogP contribution is -2.49. The van der Waals surface area contributed by atoms with E-state index in [1.165, 1.54) is 0 Å². The number of nitrogens with one attached hydrogen (secondary N) is 1. The van der Waals surface area contributed by atoms with Gasteiger partial charge in [0.05, 0.1) is 12.2 Å². The molecule has 0 aliphatic carbocycles. The van der Waals surface area contributed by atoms with Crippen LogP contribution in [-0.2, 0) is 4.74 Å². The van der Waals surface area contributed by atoms with Crippen molar-refractivity contribution in [3.8, 4) is 0 Å². The van der Waals surface area contributed by atoms with E-state index >= 15 is 0 Å². The summed E-state index contributed by atoms with van der Waals surface area (Å²) in [6.07, 6.45) is 1.52. The Balaban J connectivity index is 2.13. The summed E-state index contributed by atoms with van der Waals surface area (Å²) < 4.78 is 5.40. The van der Waals surface area contributed by atoms with E-state index in [0.717, 1.165) is 19.4 Å². The fourth-order valence-corrected chi connectivity index (χ4v) is 1.93. The summed E-state index contributed by atoms with van der Waals surface area (Å²) in [7, 11) is 0. The number of aliphatic hydroxyl groups excluding tert-OH is 1. The Morgan fingerprint density at radius 1 is 1.56 bits per heavy atom. The van der Waals surface area contributed by atoms with Gasteiger partial charge in [0.15, 0.2) is 0 Å². The highest BCUT2D eigenvalue weighted by Crippen LogP contribution is 2.16. The zero-order valence-corrected chi connectivity index (χ0v) is 11.7. The molecule has 0 saturated carbocycles. The number of piperidine rings is 1. The van der Waals surface area contributed by atoms with E-state index in [-0.39, 0.29) is 18.1 Å². The van der Waals surface area contributed by atoms with E-state index in [4.69, 9.17) is 4.74 Å². The number of hydrogen-bond acceptors (Lipinski definition) is 3. The molecule has 2 unspecified atom stereocenters. The summed E-state index contributed by atoms with van der Waals surface area (Å²) >= 11 is 0. The third kappa shape index (κ3) is 5.23. The van der Waals surface area contributed by atoms with Crippen LogP contribution in [0.5, 0.6) is 0 Å². The third-order valence-corrected chi connectivity index (χ3v) is 3.25. The van der Waals surface area contributed by atoms with E-state index in [0.29, 0.717) is 19.7 Å². The summed E-state index contributed by atoms with van der Waals surface area (Å²) in [5.41, 5.74) is 0. The number of β-amino-alcohol motifs (C(OH)–C–C–N with tert-alkyl or cyclic N) is 1. The van der Waals surface area contributed by atoms with Gasteiger partial charge < -0.3 is 20.1 Å². The summed E-state index contributed by atoms with van der Waals surface area (Å²) in [6.45, 7) is 8.46. The monoisotopic (exact) mass is 258 g/mol. The fraction of sp³-hybridized carbons (Fsp3) is 0.923. The minimum atomic E-state index is -0.395. The van der Waals surface area contributed by atoms with Crippen LogP contribution in [-0.4, -0.2) is 54.5 Å². The van der Waals surface area contributed by atoms with Crippen LogP contribution in [0.4, 0.5) is 4.79 Å². The highest BCUT2D eigenvalue weighted by atomic mass is 16.5. The molecule has 1 fully saturated rings. The van der Waals surface area contributed by atoms with Crippen molar-refractivity contribution in [2.24, 2.45) is 5.92 Å². The van der Waals surface area contributed by atoms with Crippen molar-refractivity contribution in [2.75, 3.05) is 26.2 Å². The molecule has 0 spiro atoms. The second kappa shape index (κ2) is 7.59. The van der Waals surface area contributed by atoms with Gasteiger partial charge >= 0.3 is 6.03 Å². The number of aliphatic hydroxyl groups is 1. The Hall–Kier alpha value is -0.810. The second-order valence-corrected chi connectivity index (χ2v) is 5.28. The van der Waals surface area contributed by atoms with Crippen molar-refractivity contribution in [3.63, 3.8) is 0 Å². The maximum absolute atomic E-state index is 11.8. The summed E-state index contributed by atoms with van der Waals surface area (Å²) in [5, 5.41) is 12.6. The molecule has 2 N–H and O–H groups in total. The van der Waals surface area contributed by atoms with Crippen molar-refractivity contribution >= 4 is 6.03 Å². The molecule has 1 heterocycles. The molecule has 1 rings (SSSR count). The lowest BCUT2D eigenvalue weighted by molar-refractivity contribution is 0.0431. The molecule has 0 radical (unpaired) electrons. The van der Waals surface area contributed by atoms with Crippen molar-refractivity contribution < 1.29 is 14.6 Å². The van der Waals surface area contributed by atoms with E-state index in [2.05, 4.69) is 5.32 Å². The van der Waals surface area contributed by atoms with Crippen LogP contribution in [0.25, 0.3) is 0 Å². The highest BCUT2D eigenvalue weighted by molar-refractivity contribution is 5.74. The molecule has 0 aromatic carbocycles. The van der Waals surface area contributed by atoms with E-state index in [1.54, 1.807) is 4.90 Å². The maximum atomic E-state index is 11.8. The largest absolute Gasteiger partial charge is 0.391 e. The molecule has 0 bridgehead atoms. The third-order valence-electron chi connectivity index (χ3n) is 3.25. The normalized spacial score (nSPS) is 24.4. The SMILES string of the molecule is CC(C)OCCCNC(=O)N1CCC(C)C(O)C1. The molecule has 0 aromatic rings. The van der Waals surface area contributed by atoms with E-state index in [9.17, 15) is 9.90 Å². The van der Waals surface area contributed by atoms with Gasteiger partial charge in [-0.2, -0.15) is 0 Å². The molecule has 0 aromatic heterocycles. The van der Waals surface area contributed by atoms with Gasteiger partial charge in [0, 0.05) is 26.2 Å². The van der Waals surface area contributed by atoms with Crippen LogP contribution in [0.1, 0.15) is 33.6 Å². The zero-order valence-electron chi connectivity index (χ0n) is 11.7. The molecule has 106 valence electrons. The van der Waals surface area contributed by atoms with Crippen LogP contribution in [0.15, 0.2) is 0 Å². The first-order valence-electron chi connectivity index (χ1n) is 6.83. The van der Waals surface area contributed by atoms with Crippen molar-refractivity contribution in [3.05, 3.63) is 0 Å². The maximum Gasteiger partial charge on any atom is 0.317 e. The number of amides is 2. The lowest BCUT2D eigenvalue weighted by atomic mass is 9.96. The number of likely N-dealkylation sites (tertiary alicyclic amines) is 1. The summed E-state index contributed by atoms with van der Waals surface area (Å²) in [4.78, 5) is 13.5. The predicted octanol–water partition coefficient (Wildman–Crippen LogP) is 1.21. The quantitative estimate of drug-likeness (QED) is 0.729. The predicted molar refractivity (Wildman–Crippen MR) is 70.5 cm³/mol. The Morgan fingerprint density at radius 2 is 2.28 bits per heavy atom. The molecule has 1 aliphatic heterocycles. The van der Waals surface area contributed by atoms with Gasteiger partial charge in [-0.15, -0.1) is 0 Å². The molecule has 18 heavy (non-hydrogen) atoms. The molecular weight excluding hydrogens is 232 g/mol. The minimum Gasteiger partial charge on any atom is -0.391 e. The molecule has 2 atom stereocenters. The number of ether oxygens (including phenoxy) is 1. The van der Waals surface area contributed by atoms with Gasteiger partial charge in [-0.25, -0.2) is 4.79 Å². The van der Waals surface area contributed by atoms with Crippen molar-refractivity contribution in [1.82, 2.24) is 10.2 Å². The standard InChI is InChI=1S/C13H26N2O3/c1-10(2)18-8-4-6-14-13(17)15-7-5-11(3)12(16)9-15/h10-12,16H,4-9H2,1-3H3,(H,14,17). The molecule has 2 amide bonds. The lowest BCUT2D eigenvalue weighted by Gasteiger charge is -2.34. The molecule has 5 nitrogen and oxygen atoms in total. The fourth-order valence-electron chi connectivity index (χ4n) is 1.93. The molecule has 5 heteroatoms. The topological polar surface area (TPSA) is 61.8 Å². The Morgan fingerprint density at radius 3 is 2.89 bits per heavy atom. The summed E-state index contributed by atoms with van der Waals surface area (Å²) in [6, 6.07) is -0.0782. The van der Waals surface area contributed by atoms with Gasteiger partial charge in [0.1, 0.15) is 0 Å². The molecule has 1 aliphatic rings. The first-order valence-corrected chi connectivity index (χ1v) is 6.83. The zero-order chi connectivity index (χ0) is 13.5. The minimum absolute atomic E-state index is 0.0782. The van der Waals surface area contributed by atoms with E-state index < -0.39 is 6.10 Å². The van der Waals surface area contributed by atoms with Gasteiger partial charge in [-0.05, 0) is 32.6 Å². The van der Waals surface area contributed by atoms with Crippen molar-refractivity contribution in [2.45, 2.75) is 45.8 Å². The first-order chi connectivity index (χ1) is 8.50. The molecule has 1 saturated heterocycles.